The van der Waals surface area contributed by atoms with Crippen molar-refractivity contribution in [3.05, 3.63) is 42.5 Å². The maximum absolute atomic E-state index is 13.2. The van der Waals surface area contributed by atoms with Crippen LogP contribution in [0.3, 0.4) is 0 Å². The zero-order valence-corrected chi connectivity index (χ0v) is 19.2. The van der Waals surface area contributed by atoms with Crippen LogP contribution in [0.4, 0.5) is 11.4 Å². The zero-order chi connectivity index (χ0) is 23.0. The van der Waals surface area contributed by atoms with Crippen LogP contribution in [0.15, 0.2) is 47.4 Å². The molecule has 11 heteroatoms. The van der Waals surface area contributed by atoms with E-state index in [0.717, 1.165) is 6.07 Å². The van der Waals surface area contributed by atoms with E-state index in [1.165, 1.54) is 26.2 Å². The lowest BCUT2D eigenvalue weighted by molar-refractivity contribution is -0.119. The van der Waals surface area contributed by atoms with Crippen LogP contribution in [0, 0.1) is 5.92 Å². The predicted octanol–water partition coefficient (Wildman–Crippen LogP) is 2.60. The van der Waals surface area contributed by atoms with E-state index in [1.807, 2.05) is 13.8 Å². The first kappa shape index (κ1) is 22.9. The number of nitrogens with one attached hydrogen (secondary N) is 1. The van der Waals surface area contributed by atoms with Crippen molar-refractivity contribution in [1.82, 2.24) is 0 Å². The molecule has 0 aliphatic carbocycles. The second-order valence-electron chi connectivity index (χ2n) is 7.39. The Kier molecular flexibility index (Phi) is 6.19. The van der Waals surface area contributed by atoms with Crippen molar-refractivity contribution in [3.8, 4) is 11.5 Å². The minimum atomic E-state index is -4.22. The van der Waals surface area contributed by atoms with Gasteiger partial charge in [-0.1, -0.05) is 19.1 Å². The number of amides is 1. The average Bonchev–Trinajstić information content (AvgIpc) is 2.89. The SMILES string of the molecule is COc1ccc(N2C(=O)[C@H](C)CS2(=O)=O)cc1S(=O)(=O)Nc1ccccc1OC(C)C. The summed E-state index contributed by atoms with van der Waals surface area (Å²) in [6.45, 7) is 5.13. The van der Waals surface area contributed by atoms with E-state index in [9.17, 15) is 21.6 Å². The van der Waals surface area contributed by atoms with Crippen molar-refractivity contribution in [1.29, 1.82) is 0 Å². The molecule has 0 saturated carbocycles. The van der Waals surface area contributed by atoms with Crippen molar-refractivity contribution in [2.24, 2.45) is 5.92 Å². The van der Waals surface area contributed by atoms with Gasteiger partial charge in [0.2, 0.25) is 15.9 Å². The third-order valence-corrected chi connectivity index (χ3v) is 7.78. The summed E-state index contributed by atoms with van der Waals surface area (Å²) in [5, 5.41) is 0. The van der Waals surface area contributed by atoms with Gasteiger partial charge in [0.25, 0.3) is 10.0 Å². The second kappa shape index (κ2) is 8.39. The van der Waals surface area contributed by atoms with Crippen molar-refractivity contribution >= 4 is 37.3 Å². The lowest BCUT2D eigenvalue weighted by atomic mass is 10.2. The van der Waals surface area contributed by atoms with E-state index < -0.39 is 31.9 Å². The summed E-state index contributed by atoms with van der Waals surface area (Å²) in [4.78, 5) is 12.1. The third-order valence-electron chi connectivity index (χ3n) is 4.53. The highest BCUT2D eigenvalue weighted by molar-refractivity contribution is 7.94. The predicted molar refractivity (Wildman–Crippen MR) is 116 cm³/mol. The molecule has 1 N–H and O–H groups in total. The highest BCUT2D eigenvalue weighted by Crippen LogP contribution is 2.35. The van der Waals surface area contributed by atoms with Gasteiger partial charge in [0, 0.05) is 0 Å². The van der Waals surface area contributed by atoms with Crippen LogP contribution in [0.25, 0.3) is 0 Å². The fourth-order valence-corrected chi connectivity index (χ4v) is 6.27. The molecule has 1 aliphatic rings. The van der Waals surface area contributed by atoms with Crippen LogP contribution in [-0.2, 0) is 24.8 Å². The summed E-state index contributed by atoms with van der Waals surface area (Å²) in [7, 11) is -6.82. The molecule has 0 radical (unpaired) electrons. The Morgan fingerprint density at radius 2 is 1.81 bits per heavy atom. The second-order valence-corrected chi connectivity index (χ2v) is 10.9. The van der Waals surface area contributed by atoms with Gasteiger partial charge in [-0.05, 0) is 44.2 Å². The molecule has 0 bridgehead atoms. The fraction of sp³-hybridized carbons (Fsp3) is 0.350. The fourth-order valence-electron chi connectivity index (χ4n) is 3.20. The molecule has 2 aromatic carbocycles. The average molecular weight is 469 g/mol. The Morgan fingerprint density at radius 3 is 2.39 bits per heavy atom. The number of ether oxygens (including phenoxy) is 2. The van der Waals surface area contributed by atoms with Crippen molar-refractivity contribution < 1.29 is 31.1 Å². The Morgan fingerprint density at radius 1 is 1.13 bits per heavy atom. The minimum Gasteiger partial charge on any atom is -0.495 e. The van der Waals surface area contributed by atoms with E-state index in [4.69, 9.17) is 9.47 Å². The topological polar surface area (TPSA) is 119 Å². The quantitative estimate of drug-likeness (QED) is 0.663. The van der Waals surface area contributed by atoms with Crippen molar-refractivity contribution in [3.63, 3.8) is 0 Å². The number of rotatable bonds is 7. The molecule has 1 aliphatic heterocycles. The molecule has 0 aromatic heterocycles. The summed E-state index contributed by atoms with van der Waals surface area (Å²) in [5.74, 6) is -1.33. The Bertz CT molecular complexity index is 1210. The number of methoxy groups -OCH3 is 1. The molecular formula is C20H24N2O7S2. The molecule has 0 unspecified atom stereocenters. The summed E-state index contributed by atoms with van der Waals surface area (Å²) in [6.07, 6.45) is -0.183. The third kappa shape index (κ3) is 4.62. The first-order chi connectivity index (χ1) is 14.5. The molecule has 1 heterocycles. The van der Waals surface area contributed by atoms with Gasteiger partial charge in [-0.2, -0.15) is 0 Å². The number of anilines is 2. The van der Waals surface area contributed by atoms with Gasteiger partial charge in [-0.3, -0.25) is 9.52 Å². The maximum Gasteiger partial charge on any atom is 0.265 e. The van der Waals surface area contributed by atoms with Gasteiger partial charge in [-0.25, -0.2) is 21.1 Å². The molecular weight excluding hydrogens is 444 g/mol. The van der Waals surface area contributed by atoms with Gasteiger partial charge in [-0.15, -0.1) is 0 Å². The number of carbonyl (C=O) groups excluding carboxylic acids is 1. The van der Waals surface area contributed by atoms with Gasteiger partial charge < -0.3 is 9.47 Å². The van der Waals surface area contributed by atoms with E-state index >= 15 is 0 Å². The highest BCUT2D eigenvalue weighted by atomic mass is 32.2. The summed E-state index contributed by atoms with van der Waals surface area (Å²) < 4.78 is 65.2. The Hall–Kier alpha value is -2.79. The Balaban J connectivity index is 2.06. The van der Waals surface area contributed by atoms with Crippen LogP contribution in [-0.4, -0.2) is 41.7 Å². The Labute approximate surface area is 182 Å². The number of hydrogen-bond acceptors (Lipinski definition) is 7. The van der Waals surface area contributed by atoms with Gasteiger partial charge in [0.05, 0.1) is 36.3 Å². The summed E-state index contributed by atoms with van der Waals surface area (Å²) in [5.41, 5.74) is 0.143. The summed E-state index contributed by atoms with van der Waals surface area (Å²) >= 11 is 0. The minimum absolute atomic E-state index is 0.00407. The molecule has 31 heavy (non-hydrogen) atoms. The van der Waals surface area contributed by atoms with E-state index in [-0.39, 0.29) is 33.9 Å². The lowest BCUT2D eigenvalue weighted by Gasteiger charge is -2.19. The van der Waals surface area contributed by atoms with Gasteiger partial charge >= 0.3 is 0 Å². The van der Waals surface area contributed by atoms with Crippen LogP contribution < -0.4 is 18.5 Å². The van der Waals surface area contributed by atoms with Crippen LogP contribution in [0.5, 0.6) is 11.5 Å². The number of nitrogens with zero attached hydrogens (tertiary/aromatic N) is 1. The molecule has 9 nitrogen and oxygen atoms in total. The lowest BCUT2D eigenvalue weighted by Crippen LogP contribution is -2.30. The van der Waals surface area contributed by atoms with Crippen LogP contribution >= 0.6 is 0 Å². The van der Waals surface area contributed by atoms with Gasteiger partial charge in [0.15, 0.2) is 0 Å². The van der Waals surface area contributed by atoms with Crippen LogP contribution in [0.2, 0.25) is 0 Å². The molecule has 1 amide bonds. The van der Waals surface area contributed by atoms with E-state index in [2.05, 4.69) is 4.72 Å². The number of para-hydroxylation sites is 2. The van der Waals surface area contributed by atoms with E-state index in [1.54, 1.807) is 24.3 Å². The van der Waals surface area contributed by atoms with Crippen molar-refractivity contribution in [2.45, 2.75) is 31.8 Å². The molecule has 1 fully saturated rings. The van der Waals surface area contributed by atoms with Crippen molar-refractivity contribution in [2.75, 3.05) is 21.9 Å². The molecule has 1 saturated heterocycles. The molecule has 168 valence electrons. The first-order valence-corrected chi connectivity index (χ1v) is 12.6. The summed E-state index contributed by atoms with van der Waals surface area (Å²) in [6, 6.07) is 10.3. The van der Waals surface area contributed by atoms with Crippen LogP contribution in [0.1, 0.15) is 20.8 Å². The number of carbonyl (C=O) groups is 1. The monoisotopic (exact) mass is 468 g/mol. The van der Waals surface area contributed by atoms with E-state index in [0.29, 0.717) is 10.1 Å². The normalized spacial score (nSPS) is 18.3. The number of sulfonamides is 2. The smallest absolute Gasteiger partial charge is 0.265 e. The largest absolute Gasteiger partial charge is 0.495 e. The molecule has 3 rings (SSSR count). The maximum atomic E-state index is 13.2. The highest BCUT2D eigenvalue weighted by Gasteiger charge is 2.42. The standard InChI is InChI=1S/C20H24N2O7S2/c1-13(2)29-17-8-6-5-7-16(17)21-31(26,27)19-11-15(9-10-18(19)28-4)22-20(23)14(3)12-30(22,24)25/h5-11,13-14,21H,12H2,1-4H3/t14-/m1/s1. The number of hydrogen-bond donors (Lipinski definition) is 1. The zero-order valence-electron chi connectivity index (χ0n) is 17.5. The molecule has 1 atom stereocenters. The number of benzene rings is 2. The molecule has 0 spiro atoms. The van der Waals surface area contributed by atoms with Gasteiger partial charge in [0.1, 0.15) is 16.4 Å². The molecule has 2 aromatic rings. The first-order valence-electron chi connectivity index (χ1n) is 9.49.